The van der Waals surface area contributed by atoms with Crippen LogP contribution in [0.5, 0.6) is 0 Å². The molecule has 3 N–H and O–H groups in total. The Bertz CT molecular complexity index is 768. The van der Waals surface area contributed by atoms with Crippen molar-refractivity contribution in [3.8, 4) is 0 Å². The molecule has 2 unspecified atom stereocenters. The van der Waals surface area contributed by atoms with Crippen molar-refractivity contribution in [1.82, 2.24) is 20.9 Å². The van der Waals surface area contributed by atoms with Crippen LogP contribution in [0, 0.1) is 11.2 Å². The summed E-state index contributed by atoms with van der Waals surface area (Å²) in [6.07, 6.45) is -1.73. The second-order valence-corrected chi connectivity index (χ2v) is 8.03. The number of rotatable bonds is 6. The van der Waals surface area contributed by atoms with Gasteiger partial charge in [0.05, 0.1) is 24.1 Å². The summed E-state index contributed by atoms with van der Waals surface area (Å²) in [4.78, 5) is 26.5. The van der Waals surface area contributed by atoms with E-state index in [1.54, 1.807) is 19.0 Å². The largest absolute Gasteiger partial charge is 0.347 e. The van der Waals surface area contributed by atoms with Gasteiger partial charge in [-0.15, -0.1) is 0 Å². The van der Waals surface area contributed by atoms with Crippen molar-refractivity contribution in [3.05, 3.63) is 35.1 Å². The molecule has 2 amide bonds. The summed E-state index contributed by atoms with van der Waals surface area (Å²) in [6.45, 7) is 1.96. The summed E-state index contributed by atoms with van der Waals surface area (Å²) in [6, 6.07) is 2.30. The van der Waals surface area contributed by atoms with Gasteiger partial charge in [0.15, 0.2) is 0 Å². The molecule has 1 aromatic rings. The Balaban J connectivity index is 1.79. The fourth-order valence-electron chi connectivity index (χ4n) is 3.42. The lowest BCUT2D eigenvalue weighted by molar-refractivity contribution is -0.134. The van der Waals surface area contributed by atoms with E-state index in [9.17, 15) is 22.8 Å². The molecule has 0 bridgehead atoms. The molecule has 0 aromatic heterocycles. The molecule has 1 aliphatic heterocycles. The predicted molar refractivity (Wildman–Crippen MR) is 96.7 cm³/mol. The first-order valence-corrected chi connectivity index (χ1v) is 9.20. The first-order valence-electron chi connectivity index (χ1n) is 9.20. The van der Waals surface area contributed by atoms with Gasteiger partial charge in [-0.05, 0) is 44.0 Å². The fourth-order valence-corrected chi connectivity index (χ4v) is 3.42. The highest BCUT2D eigenvalue weighted by molar-refractivity contribution is 5.89. The molecule has 6 nitrogen and oxygen atoms in total. The summed E-state index contributed by atoms with van der Waals surface area (Å²) < 4.78 is 39.8. The number of amides is 2. The van der Waals surface area contributed by atoms with Crippen LogP contribution in [-0.4, -0.2) is 43.1 Å². The van der Waals surface area contributed by atoms with Crippen LogP contribution in [0.1, 0.15) is 49.8 Å². The third-order valence-corrected chi connectivity index (χ3v) is 5.49. The van der Waals surface area contributed by atoms with E-state index in [1.807, 2.05) is 6.92 Å². The van der Waals surface area contributed by atoms with Crippen LogP contribution in [0.15, 0.2) is 18.2 Å². The van der Waals surface area contributed by atoms with Crippen molar-refractivity contribution in [2.75, 3.05) is 14.1 Å². The third-order valence-electron chi connectivity index (χ3n) is 5.49. The van der Waals surface area contributed by atoms with Gasteiger partial charge < -0.3 is 10.6 Å². The van der Waals surface area contributed by atoms with Gasteiger partial charge in [-0.25, -0.2) is 13.2 Å². The Kier molecular flexibility index (Phi) is 5.67. The Morgan fingerprint density at radius 2 is 2.00 bits per heavy atom. The van der Waals surface area contributed by atoms with E-state index in [1.165, 1.54) is 6.07 Å². The lowest BCUT2D eigenvalue weighted by Crippen LogP contribution is -2.65. The zero-order valence-electron chi connectivity index (χ0n) is 16.1. The number of alkyl halides is 2. The molecular formula is C19H25F3N4O2. The number of hydrogen-bond donors (Lipinski definition) is 3. The number of benzene rings is 1. The molecule has 154 valence electrons. The van der Waals surface area contributed by atoms with Gasteiger partial charge in [-0.2, -0.15) is 0 Å². The van der Waals surface area contributed by atoms with Crippen molar-refractivity contribution in [3.63, 3.8) is 0 Å². The van der Waals surface area contributed by atoms with Crippen molar-refractivity contribution < 1.29 is 22.8 Å². The Morgan fingerprint density at radius 3 is 2.54 bits per heavy atom. The maximum absolute atomic E-state index is 14.1. The summed E-state index contributed by atoms with van der Waals surface area (Å²) in [5.74, 6) is -1.61. The zero-order valence-corrected chi connectivity index (χ0v) is 16.1. The lowest BCUT2D eigenvalue weighted by Gasteiger charge is -2.36. The van der Waals surface area contributed by atoms with Crippen LogP contribution in [0.2, 0.25) is 0 Å². The molecule has 3 rings (SSSR count). The second kappa shape index (κ2) is 7.71. The quantitative estimate of drug-likeness (QED) is 0.686. The second-order valence-electron chi connectivity index (χ2n) is 8.03. The molecule has 1 heterocycles. The molecule has 28 heavy (non-hydrogen) atoms. The molecule has 1 saturated carbocycles. The molecular weight excluding hydrogens is 373 g/mol. The number of nitrogens with one attached hydrogen (secondary N) is 3. The fraction of sp³-hybridized carbons (Fsp3) is 0.579. The first-order chi connectivity index (χ1) is 13.1. The molecule has 3 atom stereocenters. The minimum absolute atomic E-state index is 0.0156. The van der Waals surface area contributed by atoms with Crippen molar-refractivity contribution >= 4 is 11.8 Å². The van der Waals surface area contributed by atoms with E-state index in [4.69, 9.17) is 0 Å². The number of hydrogen-bond acceptors (Lipinski definition) is 4. The molecule has 2 fully saturated rings. The highest BCUT2D eigenvalue weighted by Crippen LogP contribution is 2.54. The highest BCUT2D eigenvalue weighted by Gasteiger charge is 2.47. The topological polar surface area (TPSA) is 73.5 Å². The van der Waals surface area contributed by atoms with Gasteiger partial charge in [0.1, 0.15) is 12.1 Å². The summed E-state index contributed by atoms with van der Waals surface area (Å²) >= 11 is 0. The molecule has 1 saturated heterocycles. The van der Waals surface area contributed by atoms with Crippen molar-refractivity contribution in [2.45, 2.75) is 51.0 Å². The molecule has 0 radical (unpaired) electrons. The van der Waals surface area contributed by atoms with Gasteiger partial charge in [-0.1, -0.05) is 19.1 Å². The monoisotopic (exact) mass is 398 g/mol. The Hall–Kier alpha value is -2.13. The maximum atomic E-state index is 14.1. The summed E-state index contributed by atoms with van der Waals surface area (Å²) in [5.41, 5.74) is -0.485. The molecule has 0 spiro atoms. The van der Waals surface area contributed by atoms with Crippen LogP contribution in [0.25, 0.3) is 0 Å². The van der Waals surface area contributed by atoms with Crippen LogP contribution >= 0.6 is 0 Å². The van der Waals surface area contributed by atoms with Crippen molar-refractivity contribution in [1.29, 1.82) is 0 Å². The van der Waals surface area contributed by atoms with E-state index in [-0.39, 0.29) is 23.7 Å². The van der Waals surface area contributed by atoms with E-state index in [0.29, 0.717) is 5.56 Å². The minimum Gasteiger partial charge on any atom is -0.347 e. The third kappa shape index (κ3) is 4.30. The predicted octanol–water partition coefficient (Wildman–Crippen LogP) is 2.04. The van der Waals surface area contributed by atoms with Gasteiger partial charge in [0.25, 0.3) is 6.43 Å². The number of carbonyl (C=O) groups excluding carboxylic acids is 2. The average Bonchev–Trinajstić information content (AvgIpc) is 3.36. The van der Waals surface area contributed by atoms with Crippen LogP contribution in [0.3, 0.4) is 0 Å². The molecule has 9 heteroatoms. The standard InChI is InChI=1S/C19H25F3N4O2/c1-19(6-7-19)15(10-4-5-11(16(21)22)12(20)8-10)25-17(28)13-9-14(27)24-18(23-13)26(2)3/h4-5,8,13,15-16,18,23H,6-7,9H2,1-3H3,(H,24,27)(H,25,28)/t13?,15-,18?/m0/s1. The average molecular weight is 398 g/mol. The molecule has 1 aromatic carbocycles. The summed E-state index contributed by atoms with van der Waals surface area (Å²) in [7, 11) is 3.53. The normalized spacial score (nSPS) is 24.8. The van der Waals surface area contributed by atoms with E-state index >= 15 is 0 Å². The van der Waals surface area contributed by atoms with E-state index in [2.05, 4.69) is 16.0 Å². The highest BCUT2D eigenvalue weighted by atomic mass is 19.3. The Morgan fingerprint density at radius 1 is 1.32 bits per heavy atom. The molecule has 2 aliphatic rings. The lowest BCUT2D eigenvalue weighted by atomic mass is 9.90. The van der Waals surface area contributed by atoms with Crippen LogP contribution in [-0.2, 0) is 9.59 Å². The van der Waals surface area contributed by atoms with Gasteiger partial charge in [0.2, 0.25) is 11.8 Å². The zero-order chi connectivity index (χ0) is 20.6. The maximum Gasteiger partial charge on any atom is 0.266 e. The van der Waals surface area contributed by atoms with Crippen LogP contribution in [0.4, 0.5) is 13.2 Å². The SMILES string of the molecule is CN(C)C1NC(=O)CC(C(=O)N[C@@H](c2ccc(C(F)F)c(F)c2)C2(C)CC2)N1. The van der Waals surface area contributed by atoms with Crippen molar-refractivity contribution in [2.24, 2.45) is 5.41 Å². The van der Waals surface area contributed by atoms with E-state index in [0.717, 1.165) is 25.0 Å². The Labute approximate surface area is 161 Å². The van der Waals surface area contributed by atoms with Gasteiger partial charge >= 0.3 is 0 Å². The van der Waals surface area contributed by atoms with E-state index < -0.39 is 36.2 Å². The number of nitrogens with zero attached hydrogens (tertiary/aromatic N) is 1. The summed E-state index contributed by atoms with van der Waals surface area (Å²) in [5, 5.41) is 8.69. The van der Waals surface area contributed by atoms with Crippen LogP contribution < -0.4 is 16.0 Å². The minimum atomic E-state index is -2.90. The smallest absolute Gasteiger partial charge is 0.266 e. The number of halogens is 3. The number of carbonyl (C=O) groups is 2. The van der Waals surface area contributed by atoms with Gasteiger partial charge in [-0.3, -0.25) is 19.8 Å². The van der Waals surface area contributed by atoms with Gasteiger partial charge in [0, 0.05) is 0 Å². The molecule has 1 aliphatic carbocycles. The first kappa shape index (κ1) is 20.6.